The molecule has 0 fully saturated rings. The molecule has 2 aromatic carbocycles. The summed E-state index contributed by atoms with van der Waals surface area (Å²) in [6.07, 6.45) is 0.812. The summed E-state index contributed by atoms with van der Waals surface area (Å²) in [6.45, 7) is 1.99. The van der Waals surface area contributed by atoms with E-state index in [9.17, 15) is 4.79 Å². The van der Waals surface area contributed by atoms with E-state index in [2.05, 4.69) is 29.6 Å². The number of hydrogen-bond donors (Lipinski definition) is 2. The smallest absolute Gasteiger partial charge is 0.303 e. The first-order valence-corrected chi connectivity index (χ1v) is 6.79. The van der Waals surface area contributed by atoms with Crippen LogP contribution in [-0.2, 0) is 4.79 Å². The number of carboxylic acid groups (broad SMARTS) is 1. The fraction of sp³-hybridized carbons (Fsp3) is 0.235. The van der Waals surface area contributed by atoms with Crippen molar-refractivity contribution in [3.8, 4) is 11.1 Å². The third-order valence-electron chi connectivity index (χ3n) is 3.20. The summed E-state index contributed by atoms with van der Waals surface area (Å²) in [5.74, 6) is -0.752. The van der Waals surface area contributed by atoms with E-state index in [0.717, 1.165) is 5.69 Å². The zero-order valence-electron chi connectivity index (χ0n) is 11.5. The van der Waals surface area contributed by atoms with E-state index in [1.165, 1.54) is 11.1 Å². The van der Waals surface area contributed by atoms with Gasteiger partial charge in [-0.15, -0.1) is 0 Å². The lowest BCUT2D eigenvalue weighted by molar-refractivity contribution is -0.137. The molecule has 0 aliphatic heterocycles. The van der Waals surface area contributed by atoms with Crippen molar-refractivity contribution in [2.75, 3.05) is 5.32 Å². The van der Waals surface area contributed by atoms with Gasteiger partial charge in [-0.05, 0) is 36.6 Å². The lowest BCUT2D eigenvalue weighted by Crippen LogP contribution is -2.16. The molecule has 0 spiro atoms. The molecule has 104 valence electrons. The second-order valence-electron chi connectivity index (χ2n) is 4.92. The second-order valence-corrected chi connectivity index (χ2v) is 4.92. The van der Waals surface area contributed by atoms with Crippen LogP contribution in [-0.4, -0.2) is 17.1 Å². The number of benzene rings is 2. The Hall–Kier alpha value is -2.29. The van der Waals surface area contributed by atoms with Gasteiger partial charge in [0.1, 0.15) is 0 Å². The number of nitrogens with one attached hydrogen (secondary N) is 1. The average molecular weight is 269 g/mol. The summed E-state index contributed by atoms with van der Waals surface area (Å²) < 4.78 is 0. The van der Waals surface area contributed by atoms with E-state index in [4.69, 9.17) is 5.11 Å². The Morgan fingerprint density at radius 3 is 2.25 bits per heavy atom. The van der Waals surface area contributed by atoms with Crippen molar-refractivity contribution in [1.29, 1.82) is 0 Å². The number of carboxylic acids is 1. The Balaban J connectivity index is 1.96. The zero-order chi connectivity index (χ0) is 14.4. The molecule has 3 nitrogen and oxygen atoms in total. The molecule has 0 heterocycles. The first-order valence-electron chi connectivity index (χ1n) is 6.79. The molecule has 0 aliphatic carbocycles. The quantitative estimate of drug-likeness (QED) is 0.832. The highest BCUT2D eigenvalue weighted by atomic mass is 16.4. The van der Waals surface area contributed by atoms with Crippen LogP contribution in [0.3, 0.4) is 0 Å². The first-order chi connectivity index (χ1) is 9.65. The molecule has 2 N–H and O–H groups in total. The molecule has 2 aromatic rings. The van der Waals surface area contributed by atoms with Gasteiger partial charge in [0.05, 0.1) is 0 Å². The minimum Gasteiger partial charge on any atom is -0.481 e. The SMILES string of the molecule is CC(CCC(=O)O)Nc1ccc(-c2ccccc2)cc1. The standard InChI is InChI=1S/C17H19NO2/c1-13(7-12-17(19)20)18-16-10-8-15(9-11-16)14-5-3-2-4-6-14/h2-6,8-11,13,18H,7,12H2,1H3,(H,19,20). The van der Waals surface area contributed by atoms with Crippen LogP contribution in [0.4, 0.5) is 5.69 Å². The molecule has 0 aliphatic rings. The molecule has 1 unspecified atom stereocenters. The van der Waals surface area contributed by atoms with Crippen molar-refractivity contribution < 1.29 is 9.90 Å². The summed E-state index contributed by atoms with van der Waals surface area (Å²) in [7, 11) is 0. The van der Waals surface area contributed by atoms with Crippen molar-refractivity contribution >= 4 is 11.7 Å². The van der Waals surface area contributed by atoms with E-state index in [1.54, 1.807) is 0 Å². The van der Waals surface area contributed by atoms with Crippen LogP contribution in [0, 0.1) is 0 Å². The first kappa shape index (κ1) is 14.1. The minimum absolute atomic E-state index is 0.147. The second kappa shape index (κ2) is 6.75. The highest BCUT2D eigenvalue weighted by Gasteiger charge is 2.05. The summed E-state index contributed by atoms with van der Waals surface area (Å²) in [4.78, 5) is 10.5. The summed E-state index contributed by atoms with van der Waals surface area (Å²) >= 11 is 0. The Kier molecular flexibility index (Phi) is 4.77. The maximum Gasteiger partial charge on any atom is 0.303 e. The highest BCUT2D eigenvalue weighted by Crippen LogP contribution is 2.21. The van der Waals surface area contributed by atoms with Gasteiger partial charge in [-0.1, -0.05) is 42.5 Å². The molecular weight excluding hydrogens is 250 g/mol. The van der Waals surface area contributed by atoms with Crippen LogP contribution in [0.1, 0.15) is 19.8 Å². The third kappa shape index (κ3) is 4.12. The molecule has 2 rings (SSSR count). The van der Waals surface area contributed by atoms with E-state index >= 15 is 0 Å². The third-order valence-corrected chi connectivity index (χ3v) is 3.20. The van der Waals surface area contributed by atoms with Gasteiger partial charge >= 0.3 is 5.97 Å². The van der Waals surface area contributed by atoms with Crippen LogP contribution in [0.15, 0.2) is 54.6 Å². The molecule has 3 heteroatoms. The molecule has 0 saturated carbocycles. The van der Waals surface area contributed by atoms with E-state index in [0.29, 0.717) is 6.42 Å². The molecule has 0 saturated heterocycles. The van der Waals surface area contributed by atoms with E-state index in [-0.39, 0.29) is 12.5 Å². The van der Waals surface area contributed by atoms with E-state index < -0.39 is 5.97 Å². The van der Waals surface area contributed by atoms with Gasteiger partial charge in [0.25, 0.3) is 0 Å². The topological polar surface area (TPSA) is 49.3 Å². The van der Waals surface area contributed by atoms with Crippen molar-refractivity contribution in [2.24, 2.45) is 0 Å². The molecular formula is C17H19NO2. The minimum atomic E-state index is -0.752. The van der Waals surface area contributed by atoms with Crippen LogP contribution in [0.2, 0.25) is 0 Å². The summed E-state index contributed by atoms with van der Waals surface area (Å²) in [6, 6.07) is 18.6. The van der Waals surface area contributed by atoms with Crippen LogP contribution in [0.5, 0.6) is 0 Å². The Morgan fingerprint density at radius 1 is 1.05 bits per heavy atom. The normalized spacial score (nSPS) is 11.8. The average Bonchev–Trinajstić information content (AvgIpc) is 2.47. The summed E-state index contributed by atoms with van der Waals surface area (Å²) in [5.41, 5.74) is 3.38. The van der Waals surface area contributed by atoms with Crippen molar-refractivity contribution in [2.45, 2.75) is 25.8 Å². The molecule has 1 atom stereocenters. The number of anilines is 1. The zero-order valence-corrected chi connectivity index (χ0v) is 11.5. The number of carbonyl (C=O) groups is 1. The number of aliphatic carboxylic acids is 1. The molecule has 0 bridgehead atoms. The fourth-order valence-corrected chi connectivity index (χ4v) is 2.09. The number of rotatable bonds is 6. The Bertz CT molecular complexity index is 549. The highest BCUT2D eigenvalue weighted by molar-refractivity contribution is 5.67. The van der Waals surface area contributed by atoms with Crippen molar-refractivity contribution in [3.05, 3.63) is 54.6 Å². The van der Waals surface area contributed by atoms with Crippen molar-refractivity contribution in [3.63, 3.8) is 0 Å². The maximum atomic E-state index is 10.5. The van der Waals surface area contributed by atoms with Crippen molar-refractivity contribution in [1.82, 2.24) is 0 Å². The van der Waals surface area contributed by atoms with Crippen LogP contribution < -0.4 is 5.32 Å². The summed E-state index contributed by atoms with van der Waals surface area (Å²) in [5, 5.41) is 12.0. The monoisotopic (exact) mass is 269 g/mol. The van der Waals surface area contributed by atoms with Gasteiger partial charge in [0.15, 0.2) is 0 Å². The van der Waals surface area contributed by atoms with Crippen LogP contribution in [0.25, 0.3) is 11.1 Å². The van der Waals surface area contributed by atoms with Gasteiger partial charge < -0.3 is 10.4 Å². The van der Waals surface area contributed by atoms with E-state index in [1.807, 2.05) is 37.3 Å². The van der Waals surface area contributed by atoms with Gasteiger partial charge in [0, 0.05) is 18.2 Å². The Morgan fingerprint density at radius 2 is 1.65 bits per heavy atom. The molecule has 0 aromatic heterocycles. The lowest BCUT2D eigenvalue weighted by atomic mass is 10.1. The van der Waals surface area contributed by atoms with Gasteiger partial charge in [-0.2, -0.15) is 0 Å². The predicted molar refractivity (Wildman–Crippen MR) is 81.8 cm³/mol. The fourth-order valence-electron chi connectivity index (χ4n) is 2.09. The predicted octanol–water partition coefficient (Wildman–Crippen LogP) is 4.02. The van der Waals surface area contributed by atoms with Gasteiger partial charge in [-0.25, -0.2) is 0 Å². The molecule has 0 amide bonds. The largest absolute Gasteiger partial charge is 0.481 e. The maximum absolute atomic E-state index is 10.5. The molecule has 20 heavy (non-hydrogen) atoms. The number of hydrogen-bond acceptors (Lipinski definition) is 2. The van der Waals surface area contributed by atoms with Gasteiger partial charge in [-0.3, -0.25) is 4.79 Å². The molecule has 0 radical (unpaired) electrons. The Labute approximate surface area is 119 Å². The lowest BCUT2D eigenvalue weighted by Gasteiger charge is -2.14. The van der Waals surface area contributed by atoms with Crippen LogP contribution >= 0.6 is 0 Å². The van der Waals surface area contributed by atoms with Gasteiger partial charge in [0.2, 0.25) is 0 Å².